The summed E-state index contributed by atoms with van der Waals surface area (Å²) in [5.41, 5.74) is 1.12. The molecule has 0 heterocycles. The topological polar surface area (TPSA) is 55.8 Å². The zero-order valence-electron chi connectivity index (χ0n) is 12.2. The van der Waals surface area contributed by atoms with Gasteiger partial charge in [0.1, 0.15) is 17.2 Å². The molecule has 0 aliphatic rings. The van der Waals surface area contributed by atoms with Crippen molar-refractivity contribution in [3.05, 3.63) is 57.2 Å². The summed E-state index contributed by atoms with van der Waals surface area (Å²) in [6, 6.07) is 10.4. The van der Waals surface area contributed by atoms with E-state index >= 15 is 0 Å². The highest BCUT2D eigenvalue weighted by molar-refractivity contribution is 14.1. The third-order valence-electron chi connectivity index (χ3n) is 3.08. The summed E-state index contributed by atoms with van der Waals surface area (Å²) in [7, 11) is 3.12. The molecular weight excluding hydrogens is 395 g/mol. The number of phenolic OH excluding ortho intramolecular Hbond substituents is 1. The van der Waals surface area contributed by atoms with Crippen LogP contribution in [0.15, 0.2) is 42.5 Å². The fourth-order valence-electron chi connectivity index (χ4n) is 1.87. The molecule has 0 saturated heterocycles. The first kappa shape index (κ1) is 16.4. The number of methoxy groups -OCH3 is 2. The first-order valence-corrected chi connectivity index (χ1v) is 7.56. The predicted molar refractivity (Wildman–Crippen MR) is 93.7 cm³/mol. The molecular formula is C17H15IO4. The average Bonchev–Trinajstić information content (AvgIpc) is 2.54. The number of rotatable bonds is 5. The molecule has 0 saturated carbocycles. The number of carbonyl (C=O) groups is 1. The van der Waals surface area contributed by atoms with Gasteiger partial charge in [-0.25, -0.2) is 0 Å². The first-order valence-electron chi connectivity index (χ1n) is 6.48. The minimum Gasteiger partial charge on any atom is -0.507 e. The van der Waals surface area contributed by atoms with Crippen LogP contribution < -0.4 is 9.47 Å². The van der Waals surface area contributed by atoms with E-state index in [4.69, 9.17) is 9.47 Å². The van der Waals surface area contributed by atoms with Gasteiger partial charge in [0.05, 0.1) is 23.4 Å². The van der Waals surface area contributed by atoms with Crippen LogP contribution in [0.1, 0.15) is 15.9 Å². The van der Waals surface area contributed by atoms with Crippen LogP contribution >= 0.6 is 22.6 Å². The number of hydrogen-bond donors (Lipinski definition) is 1. The third kappa shape index (κ3) is 3.79. The Kier molecular flexibility index (Phi) is 5.43. The minimum absolute atomic E-state index is 0.0957. The highest BCUT2D eigenvalue weighted by atomic mass is 127. The number of hydrogen-bond acceptors (Lipinski definition) is 4. The molecule has 22 heavy (non-hydrogen) atoms. The Hall–Kier alpha value is -2.02. The van der Waals surface area contributed by atoms with Crippen LogP contribution in [0.5, 0.6) is 17.2 Å². The van der Waals surface area contributed by atoms with Crippen molar-refractivity contribution in [1.29, 1.82) is 0 Å². The molecule has 0 aliphatic heterocycles. The summed E-state index contributed by atoms with van der Waals surface area (Å²) in [5, 5.41) is 9.93. The number of phenols is 1. The van der Waals surface area contributed by atoms with E-state index in [0.717, 1.165) is 14.9 Å². The number of allylic oxidation sites excluding steroid dienone is 1. The molecule has 5 heteroatoms. The van der Waals surface area contributed by atoms with Crippen molar-refractivity contribution in [1.82, 2.24) is 0 Å². The number of aromatic hydroxyl groups is 1. The molecule has 0 aromatic heterocycles. The van der Waals surface area contributed by atoms with Gasteiger partial charge in [0, 0.05) is 6.07 Å². The van der Waals surface area contributed by atoms with Crippen molar-refractivity contribution >= 4 is 34.5 Å². The van der Waals surface area contributed by atoms with Crippen molar-refractivity contribution in [2.24, 2.45) is 0 Å². The maximum Gasteiger partial charge on any atom is 0.189 e. The van der Waals surface area contributed by atoms with E-state index in [-0.39, 0.29) is 17.1 Å². The quantitative estimate of drug-likeness (QED) is 0.462. The molecule has 0 bridgehead atoms. The van der Waals surface area contributed by atoms with Gasteiger partial charge in [-0.2, -0.15) is 0 Å². The molecule has 0 aliphatic carbocycles. The summed E-state index contributed by atoms with van der Waals surface area (Å²) in [5.74, 6) is 0.926. The van der Waals surface area contributed by atoms with Gasteiger partial charge in [-0.3, -0.25) is 4.79 Å². The van der Waals surface area contributed by atoms with Crippen molar-refractivity contribution in [2.45, 2.75) is 0 Å². The van der Waals surface area contributed by atoms with Crippen LogP contribution in [0.2, 0.25) is 0 Å². The highest BCUT2D eigenvalue weighted by Crippen LogP contribution is 2.29. The maximum atomic E-state index is 12.2. The van der Waals surface area contributed by atoms with Gasteiger partial charge in [-0.15, -0.1) is 0 Å². The molecule has 2 aromatic carbocycles. The molecule has 0 amide bonds. The van der Waals surface area contributed by atoms with E-state index in [1.807, 2.05) is 24.3 Å². The lowest BCUT2D eigenvalue weighted by Crippen LogP contribution is -1.97. The number of ether oxygens (including phenoxy) is 2. The monoisotopic (exact) mass is 410 g/mol. The third-order valence-corrected chi connectivity index (χ3v) is 3.92. The molecule has 1 N–H and O–H groups in total. The van der Waals surface area contributed by atoms with E-state index in [1.165, 1.54) is 19.3 Å². The van der Waals surface area contributed by atoms with E-state index in [9.17, 15) is 9.90 Å². The maximum absolute atomic E-state index is 12.2. The van der Waals surface area contributed by atoms with Crippen molar-refractivity contribution in [3.8, 4) is 17.2 Å². The number of halogens is 1. The molecule has 2 aromatic rings. The van der Waals surface area contributed by atoms with Crippen molar-refractivity contribution < 1.29 is 19.4 Å². The van der Waals surface area contributed by atoms with Gasteiger partial charge < -0.3 is 14.6 Å². The second kappa shape index (κ2) is 7.31. The van der Waals surface area contributed by atoms with Crippen molar-refractivity contribution in [3.63, 3.8) is 0 Å². The zero-order chi connectivity index (χ0) is 16.1. The van der Waals surface area contributed by atoms with Gasteiger partial charge in [0.15, 0.2) is 5.78 Å². The lowest BCUT2D eigenvalue weighted by molar-refractivity contribution is 0.104. The highest BCUT2D eigenvalue weighted by Gasteiger charge is 2.12. The zero-order valence-corrected chi connectivity index (χ0v) is 14.3. The average molecular weight is 410 g/mol. The van der Waals surface area contributed by atoms with Crippen LogP contribution in [-0.4, -0.2) is 25.1 Å². The summed E-state index contributed by atoms with van der Waals surface area (Å²) in [6.07, 6.45) is 3.12. The molecule has 0 radical (unpaired) electrons. The Balaban J connectivity index is 2.21. The van der Waals surface area contributed by atoms with Gasteiger partial charge in [0.25, 0.3) is 0 Å². The van der Waals surface area contributed by atoms with E-state index < -0.39 is 0 Å². The van der Waals surface area contributed by atoms with E-state index in [2.05, 4.69) is 22.6 Å². The fourth-order valence-corrected chi connectivity index (χ4v) is 2.56. The molecule has 2 rings (SSSR count). The number of carbonyl (C=O) groups excluding carboxylic acids is 1. The summed E-state index contributed by atoms with van der Waals surface area (Å²) < 4.78 is 10.9. The Morgan fingerprint density at radius 3 is 2.41 bits per heavy atom. The molecule has 4 nitrogen and oxygen atoms in total. The van der Waals surface area contributed by atoms with Gasteiger partial charge >= 0.3 is 0 Å². The number of benzene rings is 2. The smallest absolute Gasteiger partial charge is 0.189 e. The van der Waals surface area contributed by atoms with Gasteiger partial charge in [-0.1, -0.05) is 18.2 Å². The van der Waals surface area contributed by atoms with Crippen LogP contribution in [0.4, 0.5) is 0 Å². The van der Waals surface area contributed by atoms with Gasteiger partial charge in [-0.05, 0) is 52.4 Å². The molecule has 0 fully saturated rings. The standard InChI is InChI=1S/C17H15IO4/c1-21-12-6-3-11(4-7-12)5-8-15(19)13-9-14(18)17(22-2)10-16(13)20/h3-10,20H,1-2H3/b8-5+. The van der Waals surface area contributed by atoms with E-state index in [0.29, 0.717) is 5.75 Å². The summed E-state index contributed by atoms with van der Waals surface area (Å²) in [4.78, 5) is 12.2. The van der Waals surface area contributed by atoms with Crippen LogP contribution in [-0.2, 0) is 0 Å². The first-order chi connectivity index (χ1) is 10.5. The SMILES string of the molecule is COc1ccc(/C=C/C(=O)c2cc(I)c(OC)cc2O)cc1. The Labute approximate surface area is 142 Å². The number of ketones is 1. The Bertz CT molecular complexity index is 705. The largest absolute Gasteiger partial charge is 0.507 e. The second-order valence-electron chi connectivity index (χ2n) is 4.47. The summed E-state index contributed by atoms with van der Waals surface area (Å²) in [6.45, 7) is 0. The lowest BCUT2D eigenvalue weighted by atomic mass is 10.1. The second-order valence-corrected chi connectivity index (χ2v) is 5.64. The fraction of sp³-hybridized carbons (Fsp3) is 0.118. The van der Waals surface area contributed by atoms with Crippen LogP contribution in [0.3, 0.4) is 0 Å². The van der Waals surface area contributed by atoms with Crippen LogP contribution in [0.25, 0.3) is 6.08 Å². The molecule has 0 atom stereocenters. The molecule has 114 valence electrons. The Morgan fingerprint density at radius 2 is 1.82 bits per heavy atom. The minimum atomic E-state index is -0.270. The van der Waals surface area contributed by atoms with E-state index in [1.54, 1.807) is 19.3 Å². The molecule has 0 spiro atoms. The molecule has 0 unspecified atom stereocenters. The lowest BCUT2D eigenvalue weighted by Gasteiger charge is -2.07. The Morgan fingerprint density at radius 1 is 1.14 bits per heavy atom. The van der Waals surface area contributed by atoms with Crippen molar-refractivity contribution in [2.75, 3.05) is 14.2 Å². The van der Waals surface area contributed by atoms with Crippen LogP contribution in [0, 0.1) is 3.57 Å². The summed E-state index contributed by atoms with van der Waals surface area (Å²) >= 11 is 2.06. The normalized spacial score (nSPS) is 10.7. The van der Waals surface area contributed by atoms with Gasteiger partial charge in [0.2, 0.25) is 0 Å². The predicted octanol–water partition coefficient (Wildman–Crippen LogP) is 3.91.